The quantitative estimate of drug-likeness (QED) is 0.440. The number of carbonyl (C=O) groups is 3. The Balaban J connectivity index is 1.53. The summed E-state index contributed by atoms with van der Waals surface area (Å²) in [7, 11) is 0. The lowest BCUT2D eigenvalue weighted by molar-refractivity contribution is -0.122. The minimum absolute atomic E-state index is 0.103. The summed E-state index contributed by atoms with van der Waals surface area (Å²) >= 11 is 0. The molecule has 1 fully saturated rings. The van der Waals surface area contributed by atoms with Crippen LogP contribution in [0, 0.1) is 6.92 Å². The number of amides is 4. The molecule has 0 spiro atoms. The fraction of sp³-hybridized carbons (Fsp3) is 0.192. The Morgan fingerprint density at radius 1 is 0.970 bits per heavy atom. The number of anilines is 1. The lowest BCUT2D eigenvalue weighted by Gasteiger charge is -2.26. The third-order valence-corrected chi connectivity index (χ3v) is 5.54. The van der Waals surface area contributed by atoms with E-state index in [1.165, 1.54) is 6.08 Å². The third kappa shape index (κ3) is 4.72. The molecule has 0 radical (unpaired) electrons. The van der Waals surface area contributed by atoms with Crippen molar-refractivity contribution in [1.82, 2.24) is 9.88 Å². The second kappa shape index (κ2) is 9.56. The molecule has 168 valence electrons. The van der Waals surface area contributed by atoms with Crippen LogP contribution >= 0.6 is 0 Å². The second-order valence-electron chi connectivity index (χ2n) is 7.72. The third-order valence-electron chi connectivity index (χ3n) is 5.54. The number of hydrogen-bond acceptors (Lipinski definition) is 4. The van der Waals surface area contributed by atoms with Crippen LogP contribution in [0.4, 0.5) is 10.5 Å². The highest BCUT2D eigenvalue weighted by Crippen LogP contribution is 2.23. The Bertz CT molecular complexity index is 1220. The summed E-state index contributed by atoms with van der Waals surface area (Å²) < 4.78 is 7.76. The molecule has 3 aromatic rings. The van der Waals surface area contributed by atoms with E-state index in [4.69, 9.17) is 4.74 Å². The number of imide groups is 2. The van der Waals surface area contributed by atoms with Gasteiger partial charge in [-0.25, -0.2) is 9.69 Å². The van der Waals surface area contributed by atoms with Crippen molar-refractivity contribution >= 4 is 29.6 Å². The normalized spacial score (nSPS) is 15.2. The number of carbonyl (C=O) groups excluding carboxylic acids is 3. The van der Waals surface area contributed by atoms with Gasteiger partial charge in [0.1, 0.15) is 17.9 Å². The van der Waals surface area contributed by atoms with Crippen LogP contribution in [0.1, 0.15) is 23.7 Å². The standard InChI is InChI=1S/C26H25N3O4/c1-3-19-10-12-20(13-11-19)29-25(31)22(24(30)27-26(29)32)17-21-8-6-14-28(21)15-16-33-23-9-5-4-7-18(23)2/h4-14,17H,3,15-16H2,1-2H3,(H,27,30,32)/b22-17-. The van der Waals surface area contributed by atoms with Crippen LogP contribution < -0.4 is 15.0 Å². The summed E-state index contributed by atoms with van der Waals surface area (Å²) in [4.78, 5) is 39.0. The van der Waals surface area contributed by atoms with E-state index < -0.39 is 17.8 Å². The monoisotopic (exact) mass is 443 g/mol. The lowest BCUT2D eigenvalue weighted by Crippen LogP contribution is -2.54. The Kier molecular flexibility index (Phi) is 6.40. The fourth-order valence-corrected chi connectivity index (χ4v) is 3.65. The molecule has 1 saturated heterocycles. The minimum atomic E-state index is -0.756. The molecule has 7 nitrogen and oxygen atoms in total. The van der Waals surface area contributed by atoms with Crippen LogP contribution in [-0.4, -0.2) is 29.0 Å². The molecule has 0 aliphatic carbocycles. The van der Waals surface area contributed by atoms with Gasteiger partial charge in [0.15, 0.2) is 0 Å². The number of nitrogens with zero attached hydrogens (tertiary/aromatic N) is 2. The minimum Gasteiger partial charge on any atom is -0.491 e. The molecular formula is C26H25N3O4. The predicted octanol–water partition coefficient (Wildman–Crippen LogP) is 4.10. The van der Waals surface area contributed by atoms with Gasteiger partial charge in [0.25, 0.3) is 11.8 Å². The van der Waals surface area contributed by atoms with E-state index in [1.807, 2.05) is 67.1 Å². The van der Waals surface area contributed by atoms with Crippen molar-refractivity contribution in [1.29, 1.82) is 0 Å². The number of nitrogens with one attached hydrogen (secondary N) is 1. The highest BCUT2D eigenvalue weighted by Gasteiger charge is 2.36. The van der Waals surface area contributed by atoms with Gasteiger partial charge in [0, 0.05) is 11.9 Å². The summed E-state index contributed by atoms with van der Waals surface area (Å²) in [6, 6.07) is 17.8. The first-order chi connectivity index (χ1) is 16.0. The van der Waals surface area contributed by atoms with Gasteiger partial charge >= 0.3 is 6.03 Å². The molecule has 0 unspecified atom stereocenters. The number of urea groups is 1. The van der Waals surface area contributed by atoms with Gasteiger partial charge in [-0.1, -0.05) is 37.3 Å². The Hall–Kier alpha value is -4.13. The Labute approximate surface area is 192 Å². The van der Waals surface area contributed by atoms with Gasteiger partial charge in [0.2, 0.25) is 0 Å². The Morgan fingerprint density at radius 2 is 1.73 bits per heavy atom. The molecule has 2 heterocycles. The first-order valence-electron chi connectivity index (χ1n) is 10.8. The van der Waals surface area contributed by atoms with E-state index in [1.54, 1.807) is 18.2 Å². The van der Waals surface area contributed by atoms with E-state index in [2.05, 4.69) is 5.32 Å². The number of rotatable bonds is 7. The Morgan fingerprint density at radius 3 is 2.45 bits per heavy atom. The zero-order valence-electron chi connectivity index (χ0n) is 18.6. The van der Waals surface area contributed by atoms with E-state index in [0.29, 0.717) is 24.5 Å². The number of barbiturate groups is 1. The van der Waals surface area contributed by atoms with Gasteiger partial charge in [0.05, 0.1) is 12.2 Å². The van der Waals surface area contributed by atoms with Crippen molar-refractivity contribution in [3.63, 3.8) is 0 Å². The van der Waals surface area contributed by atoms with E-state index in [-0.39, 0.29) is 5.57 Å². The number of para-hydroxylation sites is 1. The molecular weight excluding hydrogens is 418 g/mol. The zero-order valence-corrected chi connectivity index (χ0v) is 18.6. The second-order valence-corrected chi connectivity index (χ2v) is 7.72. The first-order valence-corrected chi connectivity index (χ1v) is 10.8. The van der Waals surface area contributed by atoms with Crippen LogP contribution in [-0.2, 0) is 22.6 Å². The van der Waals surface area contributed by atoms with Crippen molar-refractivity contribution in [2.45, 2.75) is 26.8 Å². The van der Waals surface area contributed by atoms with Gasteiger partial charge in [-0.2, -0.15) is 0 Å². The average molecular weight is 444 g/mol. The molecule has 2 aromatic carbocycles. The smallest absolute Gasteiger partial charge is 0.335 e. The van der Waals surface area contributed by atoms with Crippen LogP contribution in [0.25, 0.3) is 6.08 Å². The molecule has 0 bridgehead atoms. The molecule has 7 heteroatoms. The maximum Gasteiger partial charge on any atom is 0.335 e. The fourth-order valence-electron chi connectivity index (χ4n) is 3.65. The number of aryl methyl sites for hydroxylation is 2. The summed E-state index contributed by atoms with van der Waals surface area (Å²) in [5, 5.41) is 2.26. The molecule has 1 aromatic heterocycles. The molecule has 0 saturated carbocycles. The molecule has 33 heavy (non-hydrogen) atoms. The number of benzene rings is 2. The largest absolute Gasteiger partial charge is 0.491 e. The molecule has 1 aliphatic heterocycles. The number of aromatic nitrogens is 1. The SMILES string of the molecule is CCc1ccc(N2C(=O)NC(=O)/C(=C/c3cccn3CCOc3ccccc3C)C2=O)cc1. The topological polar surface area (TPSA) is 80.6 Å². The number of hydrogen-bond donors (Lipinski definition) is 1. The van der Waals surface area contributed by atoms with E-state index in [0.717, 1.165) is 28.2 Å². The van der Waals surface area contributed by atoms with Crippen LogP contribution in [0.15, 0.2) is 72.4 Å². The van der Waals surface area contributed by atoms with Crippen molar-refractivity contribution in [3.8, 4) is 5.75 Å². The molecule has 4 rings (SSSR count). The van der Waals surface area contributed by atoms with Gasteiger partial charge in [-0.3, -0.25) is 14.9 Å². The molecule has 1 N–H and O–H groups in total. The predicted molar refractivity (Wildman–Crippen MR) is 126 cm³/mol. The van der Waals surface area contributed by atoms with Crippen LogP contribution in [0.2, 0.25) is 0 Å². The molecule has 0 atom stereocenters. The van der Waals surface area contributed by atoms with Gasteiger partial charge in [-0.05, 0) is 60.9 Å². The first kappa shape index (κ1) is 22.1. The van der Waals surface area contributed by atoms with Crippen molar-refractivity contribution < 1.29 is 19.1 Å². The lowest BCUT2D eigenvalue weighted by atomic mass is 10.1. The van der Waals surface area contributed by atoms with Crippen LogP contribution in [0.3, 0.4) is 0 Å². The summed E-state index contributed by atoms with van der Waals surface area (Å²) in [6.45, 7) is 4.95. The maximum atomic E-state index is 13.1. The molecule has 4 amide bonds. The summed E-state index contributed by atoms with van der Waals surface area (Å²) in [6.07, 6.45) is 4.20. The van der Waals surface area contributed by atoms with E-state index >= 15 is 0 Å². The maximum absolute atomic E-state index is 13.1. The average Bonchev–Trinajstić information content (AvgIpc) is 3.25. The van der Waals surface area contributed by atoms with Crippen molar-refractivity contribution in [2.24, 2.45) is 0 Å². The number of ether oxygens (including phenoxy) is 1. The van der Waals surface area contributed by atoms with Crippen molar-refractivity contribution in [2.75, 3.05) is 11.5 Å². The molecule has 1 aliphatic rings. The zero-order chi connectivity index (χ0) is 23.4. The summed E-state index contributed by atoms with van der Waals surface area (Å²) in [5.41, 5.74) is 3.11. The van der Waals surface area contributed by atoms with Gasteiger partial charge in [-0.15, -0.1) is 0 Å². The van der Waals surface area contributed by atoms with Crippen LogP contribution in [0.5, 0.6) is 5.75 Å². The van der Waals surface area contributed by atoms with Crippen molar-refractivity contribution in [3.05, 3.63) is 89.3 Å². The highest BCUT2D eigenvalue weighted by molar-refractivity contribution is 6.39. The highest BCUT2D eigenvalue weighted by atomic mass is 16.5. The summed E-state index contributed by atoms with van der Waals surface area (Å²) in [5.74, 6) is -0.554. The van der Waals surface area contributed by atoms with E-state index in [9.17, 15) is 14.4 Å². The van der Waals surface area contributed by atoms with Gasteiger partial charge < -0.3 is 9.30 Å².